The maximum absolute atomic E-state index is 13.6. The first-order valence-corrected chi connectivity index (χ1v) is 5.86. The number of aliphatic hydroxyl groups is 1. The van der Waals surface area contributed by atoms with Crippen molar-refractivity contribution in [2.24, 2.45) is 0 Å². The van der Waals surface area contributed by atoms with Gasteiger partial charge in [0.15, 0.2) is 0 Å². The summed E-state index contributed by atoms with van der Waals surface area (Å²) in [6.45, 7) is 0.926. The first-order chi connectivity index (χ1) is 8.71. The number of hydrogen-bond donors (Lipinski definition) is 2. The van der Waals surface area contributed by atoms with Gasteiger partial charge in [-0.15, -0.1) is 0 Å². The third kappa shape index (κ3) is 4.60. The van der Waals surface area contributed by atoms with Crippen LogP contribution in [0.15, 0.2) is 18.2 Å². The molecule has 0 amide bonds. The number of benzene rings is 1. The van der Waals surface area contributed by atoms with E-state index in [0.29, 0.717) is 30.9 Å². The number of methoxy groups -OCH3 is 2. The van der Waals surface area contributed by atoms with Crippen molar-refractivity contribution in [2.45, 2.75) is 19.0 Å². The molecule has 102 valence electrons. The van der Waals surface area contributed by atoms with Gasteiger partial charge in [-0.05, 0) is 12.5 Å². The highest BCUT2D eigenvalue weighted by atomic mass is 19.1. The van der Waals surface area contributed by atoms with E-state index in [9.17, 15) is 4.39 Å². The maximum atomic E-state index is 13.6. The van der Waals surface area contributed by atoms with E-state index in [1.807, 2.05) is 0 Å². The molecule has 0 radical (unpaired) electrons. The lowest BCUT2D eigenvalue weighted by Gasteiger charge is -2.16. The minimum Gasteiger partial charge on any atom is -0.497 e. The maximum Gasteiger partial charge on any atom is 0.131 e. The van der Waals surface area contributed by atoms with Crippen molar-refractivity contribution in [3.63, 3.8) is 0 Å². The third-order valence-corrected chi connectivity index (χ3v) is 2.73. The highest BCUT2D eigenvalue weighted by molar-refractivity contribution is 5.28. The zero-order valence-electron chi connectivity index (χ0n) is 10.8. The Labute approximate surface area is 107 Å². The number of aliphatic hydroxyl groups excluding tert-OH is 1. The zero-order valence-corrected chi connectivity index (χ0v) is 10.8. The summed E-state index contributed by atoms with van der Waals surface area (Å²) in [6, 6.07) is 4.64. The quantitative estimate of drug-likeness (QED) is 0.737. The predicted molar refractivity (Wildman–Crippen MR) is 67.2 cm³/mol. The second-order valence-electron chi connectivity index (χ2n) is 4.00. The van der Waals surface area contributed by atoms with E-state index < -0.39 is 0 Å². The van der Waals surface area contributed by atoms with Crippen LogP contribution in [-0.2, 0) is 11.3 Å². The Morgan fingerprint density at radius 2 is 2.17 bits per heavy atom. The Morgan fingerprint density at radius 1 is 1.39 bits per heavy atom. The number of nitrogens with one attached hydrogen (secondary N) is 1. The largest absolute Gasteiger partial charge is 0.497 e. The van der Waals surface area contributed by atoms with Crippen molar-refractivity contribution in [3.05, 3.63) is 29.6 Å². The molecule has 1 atom stereocenters. The van der Waals surface area contributed by atoms with Crippen LogP contribution in [0.2, 0.25) is 0 Å². The molecule has 0 saturated heterocycles. The van der Waals surface area contributed by atoms with Crippen LogP contribution in [0.3, 0.4) is 0 Å². The topological polar surface area (TPSA) is 50.7 Å². The van der Waals surface area contributed by atoms with E-state index in [2.05, 4.69) is 5.32 Å². The summed E-state index contributed by atoms with van der Waals surface area (Å²) in [5.74, 6) is 0.180. The van der Waals surface area contributed by atoms with E-state index in [1.165, 1.54) is 13.2 Å². The molecule has 1 rings (SSSR count). The molecule has 1 unspecified atom stereocenters. The summed E-state index contributed by atoms with van der Waals surface area (Å²) >= 11 is 0. The summed E-state index contributed by atoms with van der Waals surface area (Å²) in [6.07, 6.45) is 0.685. The average molecular weight is 257 g/mol. The van der Waals surface area contributed by atoms with Crippen LogP contribution in [-0.4, -0.2) is 38.6 Å². The summed E-state index contributed by atoms with van der Waals surface area (Å²) in [7, 11) is 3.11. The van der Waals surface area contributed by atoms with Gasteiger partial charge in [0.05, 0.1) is 13.7 Å². The molecule has 18 heavy (non-hydrogen) atoms. The Balaban J connectivity index is 2.51. The minimum atomic E-state index is -0.315. The highest BCUT2D eigenvalue weighted by Gasteiger charge is 2.09. The number of hydrogen-bond acceptors (Lipinski definition) is 4. The van der Waals surface area contributed by atoms with Gasteiger partial charge in [0, 0.05) is 37.9 Å². The van der Waals surface area contributed by atoms with Gasteiger partial charge in [0.2, 0.25) is 0 Å². The van der Waals surface area contributed by atoms with Crippen molar-refractivity contribution in [2.75, 3.05) is 27.4 Å². The molecule has 4 nitrogen and oxygen atoms in total. The molecule has 1 aromatic rings. The predicted octanol–water partition coefficient (Wildman–Crippen LogP) is 1.32. The fourth-order valence-corrected chi connectivity index (χ4v) is 1.57. The molecule has 0 aromatic heterocycles. The van der Waals surface area contributed by atoms with Crippen molar-refractivity contribution in [3.8, 4) is 5.75 Å². The normalized spacial score (nSPS) is 12.4. The van der Waals surface area contributed by atoms with Gasteiger partial charge in [0.25, 0.3) is 0 Å². The fourth-order valence-electron chi connectivity index (χ4n) is 1.57. The molecule has 1 aromatic carbocycles. The molecular weight excluding hydrogens is 237 g/mol. The molecule has 0 spiro atoms. The molecular formula is C13H20FNO3. The van der Waals surface area contributed by atoms with Crippen LogP contribution in [0.5, 0.6) is 5.75 Å². The van der Waals surface area contributed by atoms with Crippen molar-refractivity contribution in [1.82, 2.24) is 5.32 Å². The summed E-state index contributed by atoms with van der Waals surface area (Å²) in [4.78, 5) is 0. The van der Waals surface area contributed by atoms with Gasteiger partial charge in [-0.3, -0.25) is 0 Å². The SMILES string of the molecule is COCCC(CO)NCc1ccc(OC)cc1F. The second-order valence-corrected chi connectivity index (χ2v) is 4.00. The van der Waals surface area contributed by atoms with Crippen LogP contribution in [0.4, 0.5) is 4.39 Å². The van der Waals surface area contributed by atoms with E-state index in [1.54, 1.807) is 19.2 Å². The van der Waals surface area contributed by atoms with E-state index in [4.69, 9.17) is 14.6 Å². The fraction of sp³-hybridized carbons (Fsp3) is 0.538. The molecule has 0 aliphatic carbocycles. The first kappa shape index (κ1) is 14.9. The summed E-state index contributed by atoms with van der Waals surface area (Å²) in [5, 5.41) is 12.2. The molecule has 0 fully saturated rings. The van der Waals surface area contributed by atoms with E-state index in [0.717, 1.165) is 0 Å². The number of halogens is 1. The Hall–Kier alpha value is -1.17. The highest BCUT2D eigenvalue weighted by Crippen LogP contribution is 2.16. The number of ether oxygens (including phenoxy) is 2. The van der Waals surface area contributed by atoms with Crippen LogP contribution >= 0.6 is 0 Å². The summed E-state index contributed by atoms with van der Waals surface area (Å²) < 4.78 is 23.5. The van der Waals surface area contributed by atoms with Gasteiger partial charge < -0.3 is 19.9 Å². The molecule has 0 aliphatic rings. The molecule has 0 bridgehead atoms. The van der Waals surface area contributed by atoms with E-state index >= 15 is 0 Å². The van der Waals surface area contributed by atoms with Crippen molar-refractivity contribution >= 4 is 0 Å². The van der Waals surface area contributed by atoms with Crippen LogP contribution in [0.25, 0.3) is 0 Å². The smallest absolute Gasteiger partial charge is 0.131 e. The lowest BCUT2D eigenvalue weighted by molar-refractivity contribution is 0.159. The lowest BCUT2D eigenvalue weighted by atomic mass is 10.1. The minimum absolute atomic E-state index is 0.00112. The standard InChI is InChI=1S/C13H20FNO3/c1-17-6-5-11(9-16)15-8-10-3-4-12(18-2)7-13(10)14/h3-4,7,11,15-16H,5-6,8-9H2,1-2H3. The van der Waals surface area contributed by atoms with Crippen molar-refractivity contribution in [1.29, 1.82) is 0 Å². The molecule has 0 heterocycles. The lowest BCUT2D eigenvalue weighted by Crippen LogP contribution is -2.33. The van der Waals surface area contributed by atoms with Crippen LogP contribution in [0.1, 0.15) is 12.0 Å². The van der Waals surface area contributed by atoms with Gasteiger partial charge >= 0.3 is 0 Å². The monoisotopic (exact) mass is 257 g/mol. The summed E-state index contributed by atoms with van der Waals surface area (Å²) in [5.41, 5.74) is 0.548. The zero-order chi connectivity index (χ0) is 13.4. The Bertz CT molecular complexity index is 360. The average Bonchev–Trinajstić information content (AvgIpc) is 2.40. The molecule has 5 heteroatoms. The molecule has 0 saturated carbocycles. The van der Waals surface area contributed by atoms with Gasteiger partial charge in [-0.25, -0.2) is 4.39 Å². The van der Waals surface area contributed by atoms with Crippen LogP contribution < -0.4 is 10.1 Å². The third-order valence-electron chi connectivity index (χ3n) is 2.73. The van der Waals surface area contributed by atoms with Gasteiger partial charge in [0.1, 0.15) is 11.6 Å². The van der Waals surface area contributed by atoms with E-state index in [-0.39, 0.29) is 18.5 Å². The Kier molecular flexibility index (Phi) is 6.64. The second kappa shape index (κ2) is 8.02. The van der Waals surface area contributed by atoms with Crippen molar-refractivity contribution < 1.29 is 19.0 Å². The molecule has 0 aliphatic heterocycles. The van der Waals surface area contributed by atoms with Gasteiger partial charge in [-0.1, -0.05) is 6.07 Å². The number of rotatable bonds is 8. The molecule has 2 N–H and O–H groups in total. The van der Waals surface area contributed by atoms with Gasteiger partial charge in [-0.2, -0.15) is 0 Å². The first-order valence-electron chi connectivity index (χ1n) is 5.86. The Morgan fingerprint density at radius 3 is 2.72 bits per heavy atom. The van der Waals surface area contributed by atoms with Crippen LogP contribution in [0, 0.1) is 5.82 Å².